The van der Waals surface area contributed by atoms with E-state index in [1.165, 1.54) is 4.31 Å². The van der Waals surface area contributed by atoms with Gasteiger partial charge >= 0.3 is 0 Å². The van der Waals surface area contributed by atoms with E-state index < -0.39 is 10.2 Å². The van der Waals surface area contributed by atoms with E-state index in [0.29, 0.717) is 24.5 Å². The first kappa shape index (κ1) is 17.8. The molecule has 1 aromatic carbocycles. The fraction of sp³-hybridized carbons (Fsp3) is 0.222. The van der Waals surface area contributed by atoms with Crippen LogP contribution in [0.5, 0.6) is 0 Å². The van der Waals surface area contributed by atoms with E-state index in [4.69, 9.17) is 0 Å². The van der Waals surface area contributed by atoms with Crippen LogP contribution in [0.25, 0.3) is 11.6 Å². The number of rotatable bonds is 1. The molecule has 5 heterocycles. The lowest BCUT2D eigenvalue weighted by Gasteiger charge is -2.40. The van der Waals surface area contributed by atoms with Crippen molar-refractivity contribution >= 4 is 33.6 Å². The summed E-state index contributed by atoms with van der Waals surface area (Å²) >= 11 is 0. The predicted octanol–water partition coefficient (Wildman–Crippen LogP) is 0.941. The molecule has 0 radical (unpaired) electrons. The Morgan fingerprint density at radius 1 is 1.00 bits per heavy atom. The smallest absolute Gasteiger partial charge is 0.292 e. The molecule has 1 aromatic heterocycles. The van der Waals surface area contributed by atoms with Gasteiger partial charge in [-0.05, 0) is 23.8 Å². The Morgan fingerprint density at radius 2 is 1.74 bits per heavy atom. The first-order valence-electron chi connectivity index (χ1n) is 8.59. The SMILES string of the molecule is O=C1Nc2ncccc2C1=Cc1ccccc1.O=S1(=O)NN2CCN1CC2. The Kier molecular flexibility index (Phi) is 4.75. The molecule has 4 aliphatic rings. The third-order valence-electron chi connectivity index (χ3n) is 4.51. The number of anilines is 1. The first-order chi connectivity index (χ1) is 13.0. The number of pyridine rings is 1. The van der Waals surface area contributed by atoms with E-state index in [0.717, 1.165) is 24.2 Å². The standard InChI is InChI=1S/C14H10N2O.C4H9N3O2S/c17-14-12(9-10-5-2-1-3-6-10)11-7-4-8-15-13(11)16-14;8-10(9)5-6-1-3-7(10)4-2-6/h1-9H,(H,15,16,17);5H,1-4H2. The summed E-state index contributed by atoms with van der Waals surface area (Å²) in [6.45, 7) is 2.88. The minimum Gasteiger partial charge on any atom is -0.306 e. The lowest BCUT2D eigenvalue weighted by atomic mass is 10.1. The van der Waals surface area contributed by atoms with Crippen LogP contribution in [-0.4, -0.2) is 54.8 Å². The van der Waals surface area contributed by atoms with Crippen molar-refractivity contribution in [2.75, 3.05) is 31.5 Å². The van der Waals surface area contributed by atoms with E-state index >= 15 is 0 Å². The normalized spacial score (nSPS) is 26.1. The van der Waals surface area contributed by atoms with Crippen LogP contribution in [0.4, 0.5) is 5.82 Å². The summed E-state index contributed by atoms with van der Waals surface area (Å²) in [5, 5.41) is 4.48. The fourth-order valence-corrected chi connectivity index (χ4v) is 4.39. The maximum atomic E-state index is 11.8. The van der Waals surface area contributed by atoms with Crippen LogP contribution in [0.15, 0.2) is 48.7 Å². The summed E-state index contributed by atoms with van der Waals surface area (Å²) in [6.07, 6.45) is 3.55. The minimum absolute atomic E-state index is 0.0949. The van der Waals surface area contributed by atoms with Crippen molar-refractivity contribution in [2.45, 2.75) is 0 Å². The van der Waals surface area contributed by atoms with Gasteiger partial charge in [0, 0.05) is 37.9 Å². The quantitative estimate of drug-likeness (QED) is 0.713. The third-order valence-corrected chi connectivity index (χ3v) is 6.04. The molecule has 0 saturated carbocycles. The molecule has 9 heteroatoms. The number of nitrogens with zero attached hydrogens (tertiary/aromatic N) is 3. The molecule has 0 spiro atoms. The molecule has 0 unspecified atom stereocenters. The fourth-order valence-electron chi connectivity index (χ4n) is 3.12. The molecule has 3 fully saturated rings. The van der Waals surface area contributed by atoms with Gasteiger partial charge < -0.3 is 5.32 Å². The van der Waals surface area contributed by atoms with Crippen LogP contribution in [0, 0.1) is 0 Å². The van der Waals surface area contributed by atoms with Gasteiger partial charge in [0.25, 0.3) is 16.1 Å². The van der Waals surface area contributed by atoms with Crippen LogP contribution >= 0.6 is 0 Å². The Balaban J connectivity index is 0.000000153. The average molecular weight is 385 g/mol. The van der Waals surface area contributed by atoms with Crippen molar-refractivity contribution in [1.82, 2.24) is 19.1 Å². The molecule has 2 bridgehead atoms. The van der Waals surface area contributed by atoms with E-state index in [9.17, 15) is 13.2 Å². The van der Waals surface area contributed by atoms with Gasteiger partial charge in [-0.1, -0.05) is 30.3 Å². The van der Waals surface area contributed by atoms with Gasteiger partial charge in [0.2, 0.25) is 0 Å². The monoisotopic (exact) mass is 385 g/mol. The van der Waals surface area contributed by atoms with Crippen molar-refractivity contribution in [3.8, 4) is 0 Å². The van der Waals surface area contributed by atoms with Gasteiger partial charge in [-0.25, -0.2) is 9.99 Å². The topological polar surface area (TPSA) is 94.6 Å². The van der Waals surface area contributed by atoms with Crippen LogP contribution in [-0.2, 0) is 15.0 Å². The van der Waals surface area contributed by atoms with E-state index in [1.54, 1.807) is 11.2 Å². The van der Waals surface area contributed by atoms with E-state index in [1.807, 2.05) is 48.5 Å². The molecule has 1 amide bonds. The largest absolute Gasteiger partial charge is 0.306 e. The van der Waals surface area contributed by atoms with Gasteiger partial charge in [-0.3, -0.25) is 4.79 Å². The molecule has 4 aliphatic heterocycles. The predicted molar refractivity (Wildman–Crippen MR) is 102 cm³/mol. The van der Waals surface area contributed by atoms with E-state index in [2.05, 4.69) is 15.1 Å². The van der Waals surface area contributed by atoms with Crippen molar-refractivity contribution in [1.29, 1.82) is 0 Å². The number of carbonyl (C=O) groups excluding carboxylic acids is 1. The zero-order valence-corrected chi connectivity index (χ0v) is 15.3. The number of carbonyl (C=O) groups is 1. The Hall–Kier alpha value is -2.59. The molecule has 2 N–H and O–H groups in total. The van der Waals surface area contributed by atoms with Crippen LogP contribution in [0.2, 0.25) is 0 Å². The van der Waals surface area contributed by atoms with Crippen LogP contribution in [0.1, 0.15) is 11.1 Å². The van der Waals surface area contributed by atoms with Crippen molar-refractivity contribution < 1.29 is 13.2 Å². The summed E-state index contributed by atoms with van der Waals surface area (Å²) in [6, 6.07) is 13.5. The number of hydrazine groups is 1. The summed E-state index contributed by atoms with van der Waals surface area (Å²) in [5.41, 5.74) is 2.54. The summed E-state index contributed by atoms with van der Waals surface area (Å²) in [4.78, 5) is 18.4. The number of hydrogen-bond acceptors (Lipinski definition) is 5. The maximum Gasteiger partial charge on any atom is 0.292 e. The molecular formula is C18H19N5O3S. The number of benzene rings is 1. The third kappa shape index (κ3) is 3.76. The number of fused-ring (bicyclic) bond motifs is 4. The highest BCUT2D eigenvalue weighted by molar-refractivity contribution is 7.87. The van der Waals surface area contributed by atoms with Crippen molar-refractivity contribution in [2.24, 2.45) is 0 Å². The van der Waals surface area contributed by atoms with Gasteiger partial charge in [0.05, 0.1) is 5.57 Å². The maximum absolute atomic E-state index is 11.8. The van der Waals surface area contributed by atoms with Gasteiger partial charge in [-0.2, -0.15) is 12.7 Å². The number of nitrogens with one attached hydrogen (secondary N) is 2. The second-order valence-electron chi connectivity index (χ2n) is 6.30. The number of hydrogen-bond donors (Lipinski definition) is 2. The highest BCUT2D eigenvalue weighted by atomic mass is 32.2. The second kappa shape index (κ2) is 7.20. The number of piperazine rings is 1. The lowest BCUT2D eigenvalue weighted by Crippen LogP contribution is -2.64. The van der Waals surface area contributed by atoms with Crippen LogP contribution in [0.3, 0.4) is 0 Å². The molecule has 6 rings (SSSR count). The van der Waals surface area contributed by atoms with Gasteiger partial charge in [0.15, 0.2) is 0 Å². The highest BCUT2D eigenvalue weighted by Gasteiger charge is 2.34. The van der Waals surface area contributed by atoms with Crippen molar-refractivity contribution in [3.05, 3.63) is 59.8 Å². The summed E-state index contributed by atoms with van der Waals surface area (Å²) in [5.74, 6) is 0.544. The molecular weight excluding hydrogens is 366 g/mol. The minimum atomic E-state index is -3.11. The highest BCUT2D eigenvalue weighted by Crippen LogP contribution is 2.30. The summed E-state index contributed by atoms with van der Waals surface area (Å²) < 4.78 is 23.5. The van der Waals surface area contributed by atoms with Crippen LogP contribution < -0.4 is 10.1 Å². The zero-order chi connectivity index (χ0) is 18.9. The Morgan fingerprint density at radius 3 is 2.33 bits per heavy atom. The zero-order valence-electron chi connectivity index (χ0n) is 14.5. The number of amides is 1. The Labute approximate surface area is 157 Å². The summed E-state index contributed by atoms with van der Waals surface area (Å²) in [7, 11) is -3.11. The molecule has 140 valence electrons. The molecule has 27 heavy (non-hydrogen) atoms. The average Bonchev–Trinajstić information content (AvgIpc) is 2.99. The van der Waals surface area contributed by atoms with Gasteiger partial charge in [-0.15, -0.1) is 4.83 Å². The first-order valence-corrected chi connectivity index (χ1v) is 10.0. The van der Waals surface area contributed by atoms with E-state index in [-0.39, 0.29) is 5.91 Å². The van der Waals surface area contributed by atoms with Gasteiger partial charge in [0.1, 0.15) is 5.82 Å². The molecule has 8 nitrogen and oxygen atoms in total. The second-order valence-corrected chi connectivity index (χ2v) is 7.95. The molecule has 2 aromatic rings. The number of aromatic nitrogens is 1. The lowest BCUT2D eigenvalue weighted by molar-refractivity contribution is -0.110. The molecule has 3 saturated heterocycles. The molecule has 0 aliphatic carbocycles. The molecule has 0 atom stereocenters. The van der Waals surface area contributed by atoms with Crippen molar-refractivity contribution in [3.63, 3.8) is 0 Å². The Bertz CT molecular complexity index is 983.